The molecular formula is C17H29N3O. The minimum absolute atomic E-state index is 0.819. The molecule has 1 aromatic rings. The molecule has 1 aliphatic heterocycles. The zero-order valence-corrected chi connectivity index (χ0v) is 13.5. The van der Waals surface area contributed by atoms with E-state index in [4.69, 9.17) is 4.74 Å². The summed E-state index contributed by atoms with van der Waals surface area (Å²) in [5.74, 6) is 0. The van der Waals surface area contributed by atoms with E-state index in [0.717, 1.165) is 52.4 Å². The third-order valence-electron chi connectivity index (χ3n) is 3.96. The molecule has 0 aromatic heterocycles. The summed E-state index contributed by atoms with van der Waals surface area (Å²) in [4.78, 5) is 4.81. The highest BCUT2D eigenvalue weighted by atomic mass is 16.5. The zero-order valence-electron chi connectivity index (χ0n) is 13.5. The molecule has 0 fully saturated rings. The van der Waals surface area contributed by atoms with Crippen LogP contribution in [0.4, 0.5) is 11.4 Å². The zero-order chi connectivity index (χ0) is 14.9. The van der Waals surface area contributed by atoms with Crippen molar-refractivity contribution in [1.29, 1.82) is 0 Å². The quantitative estimate of drug-likeness (QED) is 0.707. The van der Waals surface area contributed by atoms with Crippen LogP contribution in [-0.2, 0) is 4.74 Å². The number of benzene rings is 1. The molecule has 0 unspecified atom stereocenters. The third kappa shape index (κ3) is 4.90. The van der Waals surface area contributed by atoms with Crippen molar-refractivity contribution in [2.24, 2.45) is 0 Å². The minimum Gasteiger partial charge on any atom is -0.380 e. The lowest BCUT2D eigenvalue weighted by molar-refractivity contribution is 0.133. The van der Waals surface area contributed by atoms with Gasteiger partial charge in [-0.3, -0.25) is 0 Å². The lowest BCUT2D eigenvalue weighted by atomic mass is 10.2. The Morgan fingerprint density at radius 1 is 1.10 bits per heavy atom. The summed E-state index contributed by atoms with van der Waals surface area (Å²) < 4.78 is 5.55. The first kappa shape index (κ1) is 16.1. The van der Waals surface area contributed by atoms with Gasteiger partial charge in [0.15, 0.2) is 0 Å². The van der Waals surface area contributed by atoms with Crippen LogP contribution in [-0.4, -0.2) is 53.0 Å². The average Bonchev–Trinajstić information content (AvgIpc) is 2.52. The fraction of sp³-hybridized carbons (Fsp3) is 0.647. The lowest BCUT2D eigenvalue weighted by Gasteiger charge is -2.37. The summed E-state index contributed by atoms with van der Waals surface area (Å²) in [6.07, 6.45) is 2.37. The van der Waals surface area contributed by atoms with Crippen molar-refractivity contribution in [3.63, 3.8) is 0 Å². The molecule has 0 amide bonds. The fourth-order valence-corrected chi connectivity index (χ4v) is 2.63. The van der Waals surface area contributed by atoms with E-state index in [1.54, 1.807) is 0 Å². The van der Waals surface area contributed by atoms with Crippen LogP contribution >= 0.6 is 0 Å². The fourth-order valence-electron chi connectivity index (χ4n) is 2.63. The van der Waals surface area contributed by atoms with Gasteiger partial charge in [-0.05, 0) is 18.6 Å². The number of ether oxygens (including phenoxy) is 1. The molecule has 21 heavy (non-hydrogen) atoms. The number of anilines is 2. The van der Waals surface area contributed by atoms with Crippen LogP contribution in [0.3, 0.4) is 0 Å². The first-order valence-corrected chi connectivity index (χ1v) is 8.16. The summed E-state index contributed by atoms with van der Waals surface area (Å²) in [5, 5.41) is 3.47. The van der Waals surface area contributed by atoms with Crippen LogP contribution < -0.4 is 15.1 Å². The topological polar surface area (TPSA) is 27.7 Å². The number of hydrogen-bond acceptors (Lipinski definition) is 4. The van der Waals surface area contributed by atoms with E-state index in [0.29, 0.717) is 0 Å². The first-order valence-electron chi connectivity index (χ1n) is 8.16. The number of nitrogens with one attached hydrogen (secondary N) is 1. The summed E-state index contributed by atoms with van der Waals surface area (Å²) in [5.41, 5.74) is 2.69. The van der Waals surface area contributed by atoms with Gasteiger partial charge in [-0.25, -0.2) is 0 Å². The molecular weight excluding hydrogens is 262 g/mol. The molecule has 1 heterocycles. The van der Waals surface area contributed by atoms with E-state index in [1.165, 1.54) is 17.8 Å². The van der Waals surface area contributed by atoms with Crippen molar-refractivity contribution < 1.29 is 4.74 Å². The van der Waals surface area contributed by atoms with E-state index < -0.39 is 0 Å². The molecule has 0 radical (unpaired) electrons. The molecule has 0 aliphatic carbocycles. The summed E-state index contributed by atoms with van der Waals surface area (Å²) in [7, 11) is 2.17. The Kier molecular flexibility index (Phi) is 6.83. The second kappa shape index (κ2) is 8.90. The van der Waals surface area contributed by atoms with Gasteiger partial charge in [0.05, 0.1) is 18.0 Å². The van der Waals surface area contributed by atoms with Gasteiger partial charge in [0.2, 0.25) is 0 Å². The van der Waals surface area contributed by atoms with Gasteiger partial charge in [-0.1, -0.05) is 25.5 Å². The molecule has 0 bridgehead atoms. The summed E-state index contributed by atoms with van der Waals surface area (Å²) >= 11 is 0. The Morgan fingerprint density at radius 3 is 2.71 bits per heavy atom. The van der Waals surface area contributed by atoms with Gasteiger partial charge in [0, 0.05) is 46.4 Å². The highest BCUT2D eigenvalue weighted by Gasteiger charge is 2.18. The standard InChI is InChI=1S/C17H29N3O/c1-3-4-14-21-15-10-18-9-11-20-13-12-19(2)16-7-5-6-8-17(16)20/h5-8,18H,3-4,9-15H2,1-2H3. The highest BCUT2D eigenvalue weighted by Crippen LogP contribution is 2.31. The van der Waals surface area contributed by atoms with Gasteiger partial charge >= 0.3 is 0 Å². The van der Waals surface area contributed by atoms with Crippen LogP contribution in [0, 0.1) is 0 Å². The van der Waals surface area contributed by atoms with E-state index in [1.807, 2.05) is 0 Å². The second-order valence-electron chi connectivity index (χ2n) is 5.61. The first-order chi connectivity index (χ1) is 10.3. The van der Waals surface area contributed by atoms with Crippen molar-refractivity contribution in [1.82, 2.24) is 5.32 Å². The number of para-hydroxylation sites is 2. The van der Waals surface area contributed by atoms with Gasteiger partial charge in [-0.2, -0.15) is 0 Å². The molecule has 2 rings (SSSR count). The van der Waals surface area contributed by atoms with Crippen molar-refractivity contribution in [3.8, 4) is 0 Å². The molecule has 1 N–H and O–H groups in total. The predicted octanol–water partition coefficient (Wildman–Crippen LogP) is 2.35. The second-order valence-corrected chi connectivity index (χ2v) is 5.61. The Hall–Kier alpha value is -1.26. The maximum Gasteiger partial charge on any atom is 0.0605 e. The molecule has 0 atom stereocenters. The number of rotatable bonds is 9. The maximum atomic E-state index is 5.55. The smallest absolute Gasteiger partial charge is 0.0605 e. The molecule has 118 valence electrons. The molecule has 4 heteroatoms. The van der Waals surface area contributed by atoms with E-state index in [9.17, 15) is 0 Å². The highest BCUT2D eigenvalue weighted by molar-refractivity contribution is 5.73. The van der Waals surface area contributed by atoms with Crippen molar-refractivity contribution in [2.45, 2.75) is 19.8 Å². The largest absolute Gasteiger partial charge is 0.380 e. The molecule has 1 aromatic carbocycles. The van der Waals surface area contributed by atoms with Crippen molar-refractivity contribution >= 4 is 11.4 Å². The summed E-state index contributed by atoms with van der Waals surface area (Å²) in [6.45, 7) is 9.10. The van der Waals surface area contributed by atoms with Gasteiger partial charge in [0.1, 0.15) is 0 Å². The average molecular weight is 291 g/mol. The number of hydrogen-bond donors (Lipinski definition) is 1. The van der Waals surface area contributed by atoms with Gasteiger partial charge in [-0.15, -0.1) is 0 Å². The molecule has 0 saturated carbocycles. The molecule has 4 nitrogen and oxygen atoms in total. The lowest BCUT2D eigenvalue weighted by Crippen LogP contribution is -2.42. The van der Waals surface area contributed by atoms with Crippen molar-refractivity contribution in [2.75, 3.05) is 62.8 Å². The Morgan fingerprint density at radius 2 is 1.90 bits per heavy atom. The predicted molar refractivity (Wildman–Crippen MR) is 90.5 cm³/mol. The SMILES string of the molecule is CCCCOCCNCCN1CCN(C)c2ccccc21. The van der Waals surface area contributed by atoms with Crippen LogP contribution in [0.25, 0.3) is 0 Å². The molecule has 1 aliphatic rings. The minimum atomic E-state index is 0.819. The number of unbranched alkanes of at least 4 members (excludes halogenated alkanes) is 1. The summed E-state index contributed by atoms with van der Waals surface area (Å²) in [6, 6.07) is 8.67. The van der Waals surface area contributed by atoms with E-state index >= 15 is 0 Å². The van der Waals surface area contributed by atoms with Crippen LogP contribution in [0.5, 0.6) is 0 Å². The Bertz CT molecular complexity index is 411. The third-order valence-corrected chi connectivity index (χ3v) is 3.96. The molecule has 0 spiro atoms. The van der Waals surface area contributed by atoms with Crippen molar-refractivity contribution in [3.05, 3.63) is 24.3 Å². The Balaban J connectivity index is 1.66. The van der Waals surface area contributed by atoms with Crippen LogP contribution in [0.2, 0.25) is 0 Å². The number of fused-ring (bicyclic) bond motifs is 1. The van der Waals surface area contributed by atoms with Crippen LogP contribution in [0.1, 0.15) is 19.8 Å². The van der Waals surface area contributed by atoms with Crippen LogP contribution in [0.15, 0.2) is 24.3 Å². The van der Waals surface area contributed by atoms with E-state index in [-0.39, 0.29) is 0 Å². The van der Waals surface area contributed by atoms with Gasteiger partial charge < -0.3 is 19.9 Å². The molecule has 0 saturated heterocycles. The number of nitrogens with zero attached hydrogens (tertiary/aromatic N) is 2. The maximum absolute atomic E-state index is 5.55. The van der Waals surface area contributed by atoms with E-state index in [2.05, 4.69) is 53.4 Å². The Labute approximate surface area is 129 Å². The normalized spacial score (nSPS) is 14.4. The monoisotopic (exact) mass is 291 g/mol. The van der Waals surface area contributed by atoms with Gasteiger partial charge in [0.25, 0.3) is 0 Å². The number of likely N-dealkylation sites (N-methyl/N-ethyl adjacent to an activating group) is 1.